The molecule has 5 rings (SSSR count). The van der Waals surface area contributed by atoms with E-state index in [1.54, 1.807) is 18.0 Å². The topological polar surface area (TPSA) is 94.8 Å². The number of methoxy groups -OCH3 is 1. The van der Waals surface area contributed by atoms with E-state index in [4.69, 9.17) is 4.74 Å². The number of aryl methyl sites for hydroxylation is 2. The average molecular weight is 441 g/mol. The third-order valence-electron chi connectivity index (χ3n) is 6.02. The van der Waals surface area contributed by atoms with Crippen LogP contribution in [0.5, 0.6) is 5.75 Å². The van der Waals surface area contributed by atoms with Gasteiger partial charge in [-0.3, -0.25) is 4.79 Å². The monoisotopic (exact) mass is 440 g/mol. The van der Waals surface area contributed by atoms with Gasteiger partial charge in [-0.2, -0.15) is 14.9 Å². The molecule has 0 aliphatic carbocycles. The second kappa shape index (κ2) is 8.46. The van der Waals surface area contributed by atoms with Gasteiger partial charge >= 0.3 is 0 Å². The number of amides is 1. The zero-order chi connectivity index (χ0) is 22.9. The molecule has 0 fully saturated rings. The third kappa shape index (κ3) is 3.84. The molecular formula is C25H24N6O2. The minimum Gasteiger partial charge on any atom is -0.497 e. The fourth-order valence-electron chi connectivity index (χ4n) is 4.25. The molecule has 1 atom stereocenters. The van der Waals surface area contributed by atoms with Crippen molar-refractivity contribution in [3.63, 3.8) is 0 Å². The molecule has 0 spiro atoms. The molecule has 0 unspecified atom stereocenters. The van der Waals surface area contributed by atoms with E-state index in [2.05, 4.69) is 56.8 Å². The lowest BCUT2D eigenvalue weighted by molar-refractivity contribution is -0.116. The predicted molar refractivity (Wildman–Crippen MR) is 125 cm³/mol. The highest BCUT2D eigenvalue weighted by Crippen LogP contribution is 2.40. The number of aromatic nitrogens is 5. The molecule has 0 saturated heterocycles. The molecule has 8 nitrogen and oxygen atoms in total. The van der Waals surface area contributed by atoms with Crippen LogP contribution in [0.1, 0.15) is 41.6 Å². The first kappa shape index (κ1) is 20.8. The zero-order valence-corrected chi connectivity index (χ0v) is 18.7. The average Bonchev–Trinajstić information content (AvgIpc) is 3.19. The lowest BCUT2D eigenvalue weighted by atomic mass is 9.85. The van der Waals surface area contributed by atoms with Gasteiger partial charge in [-0.15, -0.1) is 5.10 Å². The summed E-state index contributed by atoms with van der Waals surface area (Å²) in [6.45, 7) is 4.07. The second-order valence-electron chi connectivity index (χ2n) is 8.03. The van der Waals surface area contributed by atoms with Crippen LogP contribution in [0.2, 0.25) is 0 Å². The number of carbonyl (C=O) groups is 1. The summed E-state index contributed by atoms with van der Waals surface area (Å²) in [4.78, 5) is 17.3. The first-order valence-corrected chi connectivity index (χ1v) is 10.9. The van der Waals surface area contributed by atoms with Gasteiger partial charge in [-0.1, -0.05) is 31.2 Å². The Labute approximate surface area is 191 Å². The van der Waals surface area contributed by atoms with Crippen molar-refractivity contribution in [2.45, 2.75) is 32.6 Å². The Balaban J connectivity index is 1.56. The molecule has 0 saturated carbocycles. The van der Waals surface area contributed by atoms with Crippen LogP contribution in [0.15, 0.2) is 54.7 Å². The lowest BCUT2D eigenvalue weighted by Gasteiger charge is -2.24. The van der Waals surface area contributed by atoms with Gasteiger partial charge in [0.05, 0.1) is 24.7 Å². The van der Waals surface area contributed by atoms with Crippen molar-refractivity contribution in [2.75, 3.05) is 12.4 Å². The summed E-state index contributed by atoms with van der Waals surface area (Å²) in [6.07, 6.45) is 2.95. The maximum Gasteiger partial charge on any atom is 0.272 e. The van der Waals surface area contributed by atoms with Gasteiger partial charge in [0.15, 0.2) is 0 Å². The molecule has 0 radical (unpaired) electrons. The van der Waals surface area contributed by atoms with Crippen molar-refractivity contribution in [2.24, 2.45) is 0 Å². The number of nitrogens with one attached hydrogen (secondary N) is 1. The first-order valence-electron chi connectivity index (χ1n) is 10.9. The van der Waals surface area contributed by atoms with E-state index in [1.165, 1.54) is 5.56 Å². The minimum absolute atomic E-state index is 0.0625. The lowest BCUT2D eigenvalue weighted by Crippen LogP contribution is -2.25. The van der Waals surface area contributed by atoms with Crippen molar-refractivity contribution >= 4 is 11.7 Å². The van der Waals surface area contributed by atoms with Crippen LogP contribution < -0.4 is 10.1 Å². The highest BCUT2D eigenvalue weighted by Gasteiger charge is 2.33. The summed E-state index contributed by atoms with van der Waals surface area (Å²) in [7, 11) is 1.63. The van der Waals surface area contributed by atoms with Gasteiger partial charge in [0.25, 0.3) is 5.95 Å². The van der Waals surface area contributed by atoms with Gasteiger partial charge < -0.3 is 10.1 Å². The third-order valence-corrected chi connectivity index (χ3v) is 6.02. The Hall–Kier alpha value is -4.07. The molecule has 1 aliphatic heterocycles. The molecule has 2 aromatic carbocycles. The Bertz CT molecular complexity index is 1310. The number of benzene rings is 2. The fraction of sp³-hybridized carbons (Fsp3) is 0.240. The molecule has 4 aromatic rings. The molecule has 33 heavy (non-hydrogen) atoms. The van der Waals surface area contributed by atoms with Gasteiger partial charge in [-0.05, 0) is 48.7 Å². The van der Waals surface area contributed by atoms with E-state index < -0.39 is 0 Å². The van der Waals surface area contributed by atoms with Gasteiger partial charge in [0, 0.05) is 23.5 Å². The number of carbonyl (C=O) groups excluding carboxylic acids is 1. The van der Waals surface area contributed by atoms with Crippen LogP contribution in [0.25, 0.3) is 17.2 Å². The number of anilines is 1. The van der Waals surface area contributed by atoms with Gasteiger partial charge in [0.2, 0.25) is 5.91 Å². The van der Waals surface area contributed by atoms with Crippen molar-refractivity contribution in [3.8, 4) is 23.0 Å². The molecule has 0 bridgehead atoms. The van der Waals surface area contributed by atoms with E-state index in [9.17, 15) is 4.79 Å². The highest BCUT2D eigenvalue weighted by atomic mass is 16.5. The molecule has 1 N–H and O–H groups in total. The molecule has 1 aliphatic rings. The SMILES string of the molecule is CCc1ccc([C@@H]2CC(=O)Nc3c2c(C)nn3-c2nncc(-c3ccc(OC)cc3)n2)cc1. The predicted octanol–water partition coefficient (Wildman–Crippen LogP) is 4.08. The van der Waals surface area contributed by atoms with Crippen LogP contribution in [0, 0.1) is 6.92 Å². The Morgan fingerprint density at radius 3 is 2.58 bits per heavy atom. The van der Waals surface area contributed by atoms with Crippen LogP contribution in [0.4, 0.5) is 5.82 Å². The van der Waals surface area contributed by atoms with Crippen molar-refractivity contribution in [1.82, 2.24) is 25.0 Å². The van der Waals surface area contributed by atoms with Crippen LogP contribution >= 0.6 is 0 Å². The maximum atomic E-state index is 12.7. The molecule has 1 amide bonds. The van der Waals surface area contributed by atoms with Crippen molar-refractivity contribution in [3.05, 3.63) is 77.1 Å². The normalized spacial score (nSPS) is 15.1. The summed E-state index contributed by atoms with van der Waals surface area (Å²) < 4.78 is 6.81. The molecule has 3 heterocycles. The van der Waals surface area contributed by atoms with Gasteiger partial charge in [0.1, 0.15) is 11.6 Å². The van der Waals surface area contributed by atoms with Crippen LogP contribution in [0.3, 0.4) is 0 Å². The number of fused-ring (bicyclic) bond motifs is 1. The largest absolute Gasteiger partial charge is 0.497 e. The first-order chi connectivity index (χ1) is 16.1. The van der Waals surface area contributed by atoms with Crippen LogP contribution in [-0.2, 0) is 11.2 Å². The highest BCUT2D eigenvalue weighted by molar-refractivity contribution is 5.95. The Morgan fingerprint density at radius 2 is 1.88 bits per heavy atom. The maximum absolute atomic E-state index is 12.7. The molecular weight excluding hydrogens is 416 g/mol. The second-order valence-corrected chi connectivity index (χ2v) is 8.03. The summed E-state index contributed by atoms with van der Waals surface area (Å²) in [6, 6.07) is 16.0. The summed E-state index contributed by atoms with van der Waals surface area (Å²) in [5.41, 5.74) is 5.70. The van der Waals surface area contributed by atoms with Gasteiger partial charge in [-0.25, -0.2) is 4.98 Å². The number of ether oxygens (including phenoxy) is 1. The Kier molecular flexibility index (Phi) is 5.34. The quantitative estimate of drug-likeness (QED) is 0.503. The number of rotatable bonds is 5. The van der Waals surface area contributed by atoms with E-state index >= 15 is 0 Å². The van der Waals surface area contributed by atoms with E-state index in [-0.39, 0.29) is 11.8 Å². The van der Waals surface area contributed by atoms with E-state index in [0.717, 1.165) is 34.6 Å². The minimum atomic E-state index is -0.0777. The van der Waals surface area contributed by atoms with E-state index in [1.807, 2.05) is 31.2 Å². The zero-order valence-electron chi connectivity index (χ0n) is 18.7. The summed E-state index contributed by atoms with van der Waals surface area (Å²) in [5, 5.41) is 16.0. The fourth-order valence-corrected chi connectivity index (χ4v) is 4.25. The number of nitrogens with zero attached hydrogens (tertiary/aromatic N) is 5. The smallest absolute Gasteiger partial charge is 0.272 e. The molecule has 2 aromatic heterocycles. The standard InChI is InChI=1S/C25H24N6O2/c1-4-16-5-7-17(8-6-16)20-13-22(32)28-24-23(20)15(2)30-31(24)25-27-21(14-26-29-25)18-9-11-19(33-3)12-10-18/h5-12,14,20H,4,13H2,1-3H3,(H,28,32)/t20-/m0/s1. The van der Waals surface area contributed by atoms with Crippen LogP contribution in [-0.4, -0.2) is 38.0 Å². The number of hydrogen-bond donors (Lipinski definition) is 1. The van der Waals surface area contributed by atoms with Crippen molar-refractivity contribution in [1.29, 1.82) is 0 Å². The Morgan fingerprint density at radius 1 is 1.12 bits per heavy atom. The van der Waals surface area contributed by atoms with Crippen molar-refractivity contribution < 1.29 is 9.53 Å². The van der Waals surface area contributed by atoms with E-state index in [0.29, 0.717) is 23.9 Å². The molecule has 8 heteroatoms. The summed E-state index contributed by atoms with van der Waals surface area (Å²) in [5.74, 6) is 1.52. The molecule has 166 valence electrons. The summed E-state index contributed by atoms with van der Waals surface area (Å²) >= 11 is 0. The number of hydrogen-bond acceptors (Lipinski definition) is 6.